The van der Waals surface area contributed by atoms with Gasteiger partial charge in [0.1, 0.15) is 0 Å². The number of thiocarbonyl (C=S) groups is 1. The summed E-state index contributed by atoms with van der Waals surface area (Å²) in [4.78, 5) is 0. The molecule has 0 saturated carbocycles. The maximum absolute atomic E-state index is 5.26. The minimum atomic E-state index is 0.159. The highest BCUT2D eigenvalue weighted by molar-refractivity contribution is 7.80. The smallest absolute Gasteiger partial charge is 0.184 e. The molecule has 2 aromatic carbocycles. The van der Waals surface area contributed by atoms with Crippen molar-refractivity contribution in [2.75, 3.05) is 0 Å². The van der Waals surface area contributed by atoms with Crippen molar-refractivity contribution < 1.29 is 0 Å². The van der Waals surface area contributed by atoms with E-state index < -0.39 is 0 Å². The summed E-state index contributed by atoms with van der Waals surface area (Å²) in [7, 11) is 0. The van der Waals surface area contributed by atoms with Crippen LogP contribution in [0.15, 0.2) is 59.7 Å². The second-order valence-corrected chi connectivity index (χ2v) is 4.16. The fourth-order valence-electron chi connectivity index (χ4n) is 1.56. The highest BCUT2D eigenvalue weighted by atomic mass is 32.1. The second kappa shape index (κ2) is 5.93. The summed E-state index contributed by atoms with van der Waals surface area (Å²) in [6, 6.07) is 18.3. The Morgan fingerprint density at radius 3 is 2.22 bits per heavy atom. The van der Waals surface area contributed by atoms with Crippen LogP contribution in [0, 0.1) is 0 Å². The van der Waals surface area contributed by atoms with Gasteiger partial charge in [-0.3, -0.25) is 5.43 Å². The number of hydrogen-bond acceptors (Lipinski definition) is 2. The molecule has 0 aliphatic carbocycles. The molecule has 3 nitrogen and oxygen atoms in total. The van der Waals surface area contributed by atoms with Crippen LogP contribution in [-0.2, 0) is 0 Å². The van der Waals surface area contributed by atoms with Crippen molar-refractivity contribution in [1.29, 1.82) is 0 Å². The lowest BCUT2D eigenvalue weighted by Crippen LogP contribution is -2.23. The van der Waals surface area contributed by atoms with Gasteiger partial charge in [0, 0.05) is 0 Å². The van der Waals surface area contributed by atoms with Crippen LogP contribution in [0.25, 0.3) is 11.1 Å². The summed E-state index contributed by atoms with van der Waals surface area (Å²) < 4.78 is 0. The first kappa shape index (κ1) is 12.3. The molecule has 0 fully saturated rings. The molecule has 0 radical (unpaired) electrons. The van der Waals surface area contributed by atoms with E-state index in [4.69, 9.17) is 5.73 Å². The van der Waals surface area contributed by atoms with Gasteiger partial charge in [0.2, 0.25) is 0 Å². The molecular formula is C14H13N3S. The fourth-order valence-corrected chi connectivity index (χ4v) is 1.62. The first-order valence-electron chi connectivity index (χ1n) is 5.50. The van der Waals surface area contributed by atoms with Crippen molar-refractivity contribution in [3.05, 3.63) is 60.2 Å². The highest BCUT2D eigenvalue weighted by Crippen LogP contribution is 2.18. The van der Waals surface area contributed by atoms with E-state index >= 15 is 0 Å². The minimum absolute atomic E-state index is 0.159. The summed E-state index contributed by atoms with van der Waals surface area (Å²) in [5.74, 6) is 0. The number of hydrogen-bond donors (Lipinski definition) is 2. The molecule has 0 aromatic heterocycles. The van der Waals surface area contributed by atoms with Crippen LogP contribution in [-0.4, -0.2) is 11.3 Å². The third-order valence-corrected chi connectivity index (χ3v) is 2.50. The Balaban J connectivity index is 2.11. The molecule has 0 amide bonds. The zero-order chi connectivity index (χ0) is 12.8. The molecule has 0 unspecified atom stereocenters. The van der Waals surface area contributed by atoms with Crippen LogP contribution >= 0.6 is 12.2 Å². The Bertz CT molecular complexity index is 547. The van der Waals surface area contributed by atoms with Crippen LogP contribution in [0.5, 0.6) is 0 Å². The molecule has 0 saturated heterocycles. The summed E-state index contributed by atoms with van der Waals surface area (Å²) >= 11 is 4.65. The van der Waals surface area contributed by atoms with Crippen molar-refractivity contribution in [3.63, 3.8) is 0 Å². The maximum Gasteiger partial charge on any atom is 0.184 e. The predicted octanol–water partition coefficient (Wildman–Crippen LogP) is 2.52. The molecule has 0 spiro atoms. The zero-order valence-corrected chi connectivity index (χ0v) is 10.5. The lowest BCUT2D eigenvalue weighted by atomic mass is 10.0. The quantitative estimate of drug-likeness (QED) is 0.503. The van der Waals surface area contributed by atoms with Crippen molar-refractivity contribution in [2.24, 2.45) is 10.8 Å². The monoisotopic (exact) mass is 255 g/mol. The SMILES string of the molecule is NC(=S)N/N=C/c1ccc(-c2ccccc2)cc1. The van der Waals surface area contributed by atoms with E-state index in [1.54, 1.807) is 6.21 Å². The number of nitrogens with zero attached hydrogens (tertiary/aromatic N) is 1. The van der Waals surface area contributed by atoms with Crippen LogP contribution in [0.3, 0.4) is 0 Å². The van der Waals surface area contributed by atoms with Crippen molar-refractivity contribution in [3.8, 4) is 11.1 Å². The number of benzene rings is 2. The van der Waals surface area contributed by atoms with E-state index in [1.807, 2.05) is 30.3 Å². The van der Waals surface area contributed by atoms with Gasteiger partial charge >= 0.3 is 0 Å². The Morgan fingerprint density at radius 1 is 1.00 bits per heavy atom. The summed E-state index contributed by atoms with van der Waals surface area (Å²) in [5, 5.41) is 4.06. The van der Waals surface area contributed by atoms with Crippen LogP contribution in [0.1, 0.15) is 5.56 Å². The van der Waals surface area contributed by atoms with Gasteiger partial charge in [-0.15, -0.1) is 0 Å². The standard InChI is InChI=1S/C14H13N3S/c15-14(18)17-16-10-11-6-8-13(9-7-11)12-4-2-1-3-5-12/h1-10H,(H3,15,17,18)/b16-10+. The number of hydrazone groups is 1. The van der Waals surface area contributed by atoms with Gasteiger partial charge in [-0.1, -0.05) is 54.6 Å². The van der Waals surface area contributed by atoms with Crippen LogP contribution in [0.4, 0.5) is 0 Å². The number of rotatable bonds is 3. The first-order chi connectivity index (χ1) is 8.75. The molecule has 0 bridgehead atoms. The van der Waals surface area contributed by atoms with E-state index in [0.29, 0.717) is 0 Å². The Hall–Kier alpha value is -2.20. The zero-order valence-electron chi connectivity index (χ0n) is 9.71. The lowest BCUT2D eigenvalue weighted by Gasteiger charge is -2.01. The average Bonchev–Trinajstić information content (AvgIpc) is 2.40. The number of nitrogens with two attached hydrogens (primary N) is 1. The molecule has 2 aromatic rings. The van der Waals surface area contributed by atoms with Gasteiger partial charge in [0.15, 0.2) is 5.11 Å². The molecule has 0 atom stereocenters. The fraction of sp³-hybridized carbons (Fsp3) is 0. The van der Waals surface area contributed by atoms with Crippen LogP contribution in [0.2, 0.25) is 0 Å². The molecule has 90 valence electrons. The highest BCUT2D eigenvalue weighted by Gasteiger charge is 1.95. The van der Waals surface area contributed by atoms with Gasteiger partial charge in [0.05, 0.1) is 6.21 Å². The number of nitrogens with one attached hydrogen (secondary N) is 1. The molecule has 18 heavy (non-hydrogen) atoms. The molecule has 0 aliphatic heterocycles. The normalized spacial score (nSPS) is 10.4. The van der Waals surface area contributed by atoms with Crippen LogP contribution < -0.4 is 11.2 Å². The Morgan fingerprint density at radius 2 is 1.61 bits per heavy atom. The second-order valence-electron chi connectivity index (χ2n) is 3.72. The van der Waals surface area contributed by atoms with E-state index in [2.05, 4.69) is 47.0 Å². The van der Waals surface area contributed by atoms with Gasteiger partial charge in [-0.2, -0.15) is 5.10 Å². The average molecular weight is 255 g/mol. The third kappa shape index (κ3) is 3.40. The van der Waals surface area contributed by atoms with Gasteiger partial charge in [-0.05, 0) is 28.9 Å². The van der Waals surface area contributed by atoms with E-state index in [1.165, 1.54) is 11.1 Å². The van der Waals surface area contributed by atoms with Crippen molar-refractivity contribution >= 4 is 23.5 Å². The van der Waals surface area contributed by atoms with E-state index in [-0.39, 0.29) is 5.11 Å². The van der Waals surface area contributed by atoms with Crippen molar-refractivity contribution in [2.45, 2.75) is 0 Å². The first-order valence-corrected chi connectivity index (χ1v) is 5.90. The molecule has 0 aliphatic rings. The predicted molar refractivity (Wildman–Crippen MR) is 79.4 cm³/mol. The minimum Gasteiger partial charge on any atom is -0.375 e. The largest absolute Gasteiger partial charge is 0.375 e. The van der Waals surface area contributed by atoms with Gasteiger partial charge in [-0.25, -0.2) is 0 Å². The Kier molecular flexibility index (Phi) is 4.04. The topological polar surface area (TPSA) is 50.4 Å². The maximum atomic E-state index is 5.26. The van der Waals surface area contributed by atoms with E-state index in [0.717, 1.165) is 5.56 Å². The molecule has 4 heteroatoms. The summed E-state index contributed by atoms with van der Waals surface area (Å²) in [5.41, 5.74) is 11.1. The Labute approximate surface area is 111 Å². The van der Waals surface area contributed by atoms with Gasteiger partial charge < -0.3 is 5.73 Å². The lowest BCUT2D eigenvalue weighted by molar-refractivity contribution is 1.04. The van der Waals surface area contributed by atoms with Gasteiger partial charge in [0.25, 0.3) is 0 Å². The summed E-state index contributed by atoms with van der Waals surface area (Å²) in [6.45, 7) is 0. The van der Waals surface area contributed by atoms with E-state index in [9.17, 15) is 0 Å². The molecule has 2 rings (SSSR count). The van der Waals surface area contributed by atoms with Crippen molar-refractivity contribution in [1.82, 2.24) is 5.43 Å². The molecule has 0 heterocycles. The summed E-state index contributed by atoms with van der Waals surface area (Å²) in [6.07, 6.45) is 1.67. The molecular weight excluding hydrogens is 242 g/mol. The third-order valence-electron chi connectivity index (χ3n) is 2.41. The molecule has 3 N–H and O–H groups in total.